The molecule has 2 aromatic carbocycles. The third-order valence-corrected chi connectivity index (χ3v) is 4.66. The first kappa shape index (κ1) is 22.1. The van der Waals surface area contributed by atoms with E-state index in [1.165, 1.54) is 0 Å². The van der Waals surface area contributed by atoms with E-state index < -0.39 is 0 Å². The van der Waals surface area contributed by atoms with Gasteiger partial charge in [-0.15, -0.1) is 0 Å². The molecule has 2 aromatic rings. The van der Waals surface area contributed by atoms with Crippen LogP contribution in [-0.4, -0.2) is 39.1 Å². The summed E-state index contributed by atoms with van der Waals surface area (Å²) in [4.78, 5) is 26.5. The Labute approximate surface area is 172 Å². The molecular weight excluding hydrogens is 370 g/mol. The van der Waals surface area contributed by atoms with Crippen molar-refractivity contribution in [2.24, 2.45) is 0 Å². The zero-order chi connectivity index (χ0) is 21.2. The van der Waals surface area contributed by atoms with E-state index in [-0.39, 0.29) is 18.2 Å². The van der Waals surface area contributed by atoms with E-state index in [1.807, 2.05) is 24.3 Å². The highest BCUT2D eigenvalue weighted by Gasteiger charge is 2.10. The molecule has 7 heteroatoms. The largest absolute Gasteiger partial charge is 0.493 e. The Morgan fingerprint density at radius 2 is 1.55 bits per heavy atom. The number of anilines is 1. The minimum absolute atomic E-state index is 0.233. The van der Waals surface area contributed by atoms with Crippen molar-refractivity contribution in [2.45, 2.75) is 26.7 Å². The van der Waals surface area contributed by atoms with Gasteiger partial charge in [0.25, 0.3) is 5.91 Å². The van der Waals surface area contributed by atoms with E-state index in [9.17, 15) is 9.59 Å². The third-order valence-electron chi connectivity index (χ3n) is 4.66. The third kappa shape index (κ3) is 6.14. The molecule has 0 spiro atoms. The summed E-state index contributed by atoms with van der Waals surface area (Å²) in [6.45, 7) is 5.97. The van der Waals surface area contributed by atoms with Crippen LogP contribution < -0.4 is 25.2 Å². The van der Waals surface area contributed by atoms with Crippen molar-refractivity contribution < 1.29 is 19.1 Å². The van der Waals surface area contributed by atoms with Crippen molar-refractivity contribution in [1.29, 1.82) is 0 Å². The van der Waals surface area contributed by atoms with Crippen LogP contribution in [0.2, 0.25) is 0 Å². The summed E-state index contributed by atoms with van der Waals surface area (Å²) in [6.07, 6.45) is 0.747. The fourth-order valence-electron chi connectivity index (χ4n) is 2.97. The maximum Gasteiger partial charge on any atom is 0.269 e. The van der Waals surface area contributed by atoms with Gasteiger partial charge in [-0.3, -0.25) is 20.4 Å². The fourth-order valence-corrected chi connectivity index (χ4v) is 2.97. The lowest BCUT2D eigenvalue weighted by atomic mass is 10.1. The summed E-state index contributed by atoms with van der Waals surface area (Å²) in [7, 11) is 3.14. The number of carbonyl (C=O) groups is 2. The van der Waals surface area contributed by atoms with E-state index in [2.05, 4.69) is 29.6 Å². The number of hydrogen-bond donors (Lipinski definition) is 2. The molecular formula is C22H29N3O4. The van der Waals surface area contributed by atoms with Gasteiger partial charge in [-0.2, -0.15) is 0 Å². The zero-order valence-corrected chi connectivity index (χ0v) is 17.5. The molecule has 0 unspecified atom stereocenters. The lowest BCUT2D eigenvalue weighted by molar-refractivity contribution is -0.121. The maximum absolute atomic E-state index is 12.2. The first-order valence-corrected chi connectivity index (χ1v) is 9.67. The average molecular weight is 399 g/mol. The predicted octanol–water partition coefficient (Wildman–Crippen LogP) is 2.94. The normalized spacial score (nSPS) is 10.2. The van der Waals surface area contributed by atoms with Crippen LogP contribution in [0, 0.1) is 0 Å². The Morgan fingerprint density at radius 3 is 2.14 bits per heavy atom. The van der Waals surface area contributed by atoms with Crippen molar-refractivity contribution >= 4 is 17.5 Å². The molecule has 0 fully saturated rings. The number of methoxy groups -OCH3 is 2. The van der Waals surface area contributed by atoms with Crippen LogP contribution >= 0.6 is 0 Å². The highest BCUT2D eigenvalue weighted by atomic mass is 16.5. The number of amides is 2. The first-order chi connectivity index (χ1) is 14.0. The molecule has 2 rings (SSSR count). The summed E-state index contributed by atoms with van der Waals surface area (Å²) < 4.78 is 10.5. The fraction of sp³-hybridized carbons (Fsp3) is 0.364. The van der Waals surface area contributed by atoms with Crippen LogP contribution in [0.4, 0.5) is 5.69 Å². The summed E-state index contributed by atoms with van der Waals surface area (Å²) in [6, 6.07) is 12.8. The molecule has 0 saturated heterocycles. The van der Waals surface area contributed by atoms with Crippen LogP contribution in [0.1, 0.15) is 36.2 Å². The second-order valence-electron chi connectivity index (χ2n) is 6.41. The van der Waals surface area contributed by atoms with E-state index >= 15 is 0 Å². The molecule has 2 N–H and O–H groups in total. The first-order valence-electron chi connectivity index (χ1n) is 9.67. The van der Waals surface area contributed by atoms with Crippen molar-refractivity contribution in [3.8, 4) is 11.5 Å². The Balaban J connectivity index is 1.83. The predicted molar refractivity (Wildman–Crippen MR) is 113 cm³/mol. The molecule has 0 radical (unpaired) electrons. The number of ether oxygens (including phenoxy) is 2. The average Bonchev–Trinajstić information content (AvgIpc) is 2.77. The highest BCUT2D eigenvalue weighted by molar-refractivity contribution is 5.95. The van der Waals surface area contributed by atoms with Crippen molar-refractivity contribution in [3.63, 3.8) is 0 Å². The molecule has 0 atom stereocenters. The van der Waals surface area contributed by atoms with Crippen LogP contribution in [0.3, 0.4) is 0 Å². The number of nitrogens with one attached hydrogen (secondary N) is 2. The molecule has 7 nitrogen and oxygen atoms in total. The standard InChI is InChI=1S/C22H29N3O4/c1-5-25(6-2)18-11-9-17(10-12-18)22(27)24-23-21(26)14-8-16-7-13-19(28-3)20(15-16)29-4/h7,9-13,15H,5-6,8,14H2,1-4H3,(H,23,26)(H,24,27). The van der Waals surface area contributed by atoms with E-state index in [0.29, 0.717) is 23.5 Å². The molecule has 156 valence electrons. The minimum atomic E-state index is -0.351. The summed E-state index contributed by atoms with van der Waals surface area (Å²) in [5.41, 5.74) is 7.40. The minimum Gasteiger partial charge on any atom is -0.493 e. The molecule has 0 aliphatic rings. The Hall–Kier alpha value is -3.22. The Morgan fingerprint density at radius 1 is 0.897 bits per heavy atom. The molecule has 0 bridgehead atoms. The topological polar surface area (TPSA) is 79.9 Å². The number of nitrogens with zero attached hydrogens (tertiary/aromatic N) is 1. The molecule has 0 aromatic heterocycles. The Bertz CT molecular complexity index is 817. The van der Waals surface area contributed by atoms with Crippen LogP contribution in [0.15, 0.2) is 42.5 Å². The van der Waals surface area contributed by atoms with Crippen molar-refractivity contribution in [3.05, 3.63) is 53.6 Å². The molecule has 2 amide bonds. The molecule has 0 saturated carbocycles. The summed E-state index contributed by atoms with van der Waals surface area (Å²) in [5, 5.41) is 0. The number of hydrazine groups is 1. The van der Waals surface area contributed by atoms with Crippen LogP contribution in [-0.2, 0) is 11.2 Å². The van der Waals surface area contributed by atoms with Gasteiger partial charge in [0.15, 0.2) is 11.5 Å². The molecule has 0 aliphatic heterocycles. The number of carbonyl (C=O) groups excluding carboxylic acids is 2. The van der Waals surface area contributed by atoms with Gasteiger partial charge in [-0.1, -0.05) is 6.07 Å². The van der Waals surface area contributed by atoms with E-state index in [4.69, 9.17) is 9.47 Å². The Kier molecular flexibility index (Phi) is 8.33. The van der Waals surface area contributed by atoms with Crippen LogP contribution in [0.25, 0.3) is 0 Å². The summed E-state index contributed by atoms with van der Waals surface area (Å²) >= 11 is 0. The van der Waals surface area contributed by atoms with Gasteiger partial charge < -0.3 is 14.4 Å². The van der Waals surface area contributed by atoms with E-state index in [0.717, 1.165) is 24.3 Å². The van der Waals surface area contributed by atoms with Gasteiger partial charge in [0.1, 0.15) is 0 Å². The summed E-state index contributed by atoms with van der Waals surface area (Å²) in [5.74, 6) is 0.635. The monoisotopic (exact) mass is 399 g/mol. The van der Waals surface area contributed by atoms with Gasteiger partial charge in [0.2, 0.25) is 5.91 Å². The number of benzene rings is 2. The second-order valence-corrected chi connectivity index (χ2v) is 6.41. The van der Waals surface area contributed by atoms with Gasteiger partial charge in [0, 0.05) is 30.8 Å². The molecule has 29 heavy (non-hydrogen) atoms. The lowest BCUT2D eigenvalue weighted by Crippen LogP contribution is -2.41. The smallest absolute Gasteiger partial charge is 0.269 e. The van der Waals surface area contributed by atoms with Crippen molar-refractivity contribution in [2.75, 3.05) is 32.2 Å². The number of aryl methyl sites for hydroxylation is 1. The van der Waals surface area contributed by atoms with Crippen LogP contribution in [0.5, 0.6) is 11.5 Å². The zero-order valence-electron chi connectivity index (χ0n) is 17.5. The molecule has 0 aliphatic carbocycles. The van der Waals surface area contributed by atoms with Gasteiger partial charge in [0.05, 0.1) is 14.2 Å². The van der Waals surface area contributed by atoms with Gasteiger partial charge in [-0.05, 0) is 62.2 Å². The highest BCUT2D eigenvalue weighted by Crippen LogP contribution is 2.27. The lowest BCUT2D eigenvalue weighted by Gasteiger charge is -2.21. The SMILES string of the molecule is CCN(CC)c1ccc(C(=O)NNC(=O)CCc2ccc(OC)c(OC)c2)cc1. The van der Waals surface area contributed by atoms with Crippen molar-refractivity contribution in [1.82, 2.24) is 10.9 Å². The number of hydrogen-bond acceptors (Lipinski definition) is 5. The van der Waals surface area contributed by atoms with E-state index in [1.54, 1.807) is 32.4 Å². The maximum atomic E-state index is 12.2. The second kappa shape index (κ2) is 10.9. The number of rotatable bonds is 9. The quantitative estimate of drug-likeness (QED) is 0.634. The molecule has 0 heterocycles. The van der Waals surface area contributed by atoms with Gasteiger partial charge >= 0.3 is 0 Å². The van der Waals surface area contributed by atoms with Gasteiger partial charge in [-0.25, -0.2) is 0 Å².